The van der Waals surface area contributed by atoms with E-state index in [2.05, 4.69) is 10.3 Å². The Labute approximate surface area is 186 Å². The van der Waals surface area contributed by atoms with Gasteiger partial charge in [-0.15, -0.1) is 0 Å². The fourth-order valence-electron chi connectivity index (χ4n) is 3.67. The molecule has 1 fully saturated rings. The molecule has 6 nitrogen and oxygen atoms in total. The van der Waals surface area contributed by atoms with Crippen LogP contribution in [0.1, 0.15) is 33.6 Å². The number of ether oxygens (including phenoxy) is 1. The lowest BCUT2D eigenvalue weighted by Crippen LogP contribution is -2.45. The fourth-order valence-corrected chi connectivity index (χ4v) is 4.57. The Morgan fingerprint density at radius 1 is 1.06 bits per heavy atom. The number of rotatable bonds is 4. The Hall–Kier alpha value is -2.93. The molecule has 2 aromatic carbocycles. The average molecular weight is 438 g/mol. The average Bonchev–Trinajstić information content (AvgIpc) is 3.15. The molecular formula is C24H27N3O3S. The highest BCUT2D eigenvalue weighted by Gasteiger charge is 2.32. The number of nitrogens with zero attached hydrogens (tertiary/aromatic N) is 2. The van der Waals surface area contributed by atoms with E-state index < -0.39 is 0 Å². The smallest absolute Gasteiger partial charge is 0.229 e. The van der Waals surface area contributed by atoms with Gasteiger partial charge in [-0.05, 0) is 37.1 Å². The van der Waals surface area contributed by atoms with Crippen molar-refractivity contribution < 1.29 is 14.3 Å². The van der Waals surface area contributed by atoms with Gasteiger partial charge in [0.1, 0.15) is 11.5 Å². The number of hydrogen-bond acceptors (Lipinski definition) is 5. The summed E-state index contributed by atoms with van der Waals surface area (Å²) in [6.45, 7) is 7.02. The zero-order valence-corrected chi connectivity index (χ0v) is 18.9. The quantitative estimate of drug-likeness (QED) is 0.600. The number of carbonyl (C=O) groups is 2. The van der Waals surface area contributed by atoms with Crippen LogP contribution in [0.25, 0.3) is 10.2 Å². The standard InChI is InChI=1S/C24H27N3O3S/c1-24(2,3)22(29)27-13-11-16(12-14-27)21(28)26-23-25-19-10-9-18(15-20(19)31-23)30-17-7-5-4-6-8-17/h4-10,15-16H,11-14H2,1-3H3,(H,25,26,28). The third-order valence-corrected chi connectivity index (χ3v) is 6.30. The number of fused-ring (bicyclic) bond motifs is 1. The van der Waals surface area contributed by atoms with Gasteiger partial charge < -0.3 is 15.0 Å². The lowest BCUT2D eigenvalue weighted by atomic mass is 9.91. The van der Waals surface area contributed by atoms with Crippen LogP contribution in [0.15, 0.2) is 48.5 Å². The zero-order valence-electron chi connectivity index (χ0n) is 18.1. The van der Waals surface area contributed by atoms with E-state index in [1.54, 1.807) is 0 Å². The molecule has 0 spiro atoms. The highest BCUT2D eigenvalue weighted by atomic mass is 32.1. The molecule has 2 heterocycles. The van der Waals surface area contributed by atoms with Crippen LogP contribution in [-0.4, -0.2) is 34.8 Å². The molecule has 0 aliphatic carbocycles. The van der Waals surface area contributed by atoms with Crippen LogP contribution in [-0.2, 0) is 9.59 Å². The number of hydrogen-bond donors (Lipinski definition) is 1. The van der Waals surface area contributed by atoms with Crippen molar-refractivity contribution in [3.8, 4) is 11.5 Å². The van der Waals surface area contributed by atoms with E-state index in [-0.39, 0.29) is 23.1 Å². The van der Waals surface area contributed by atoms with Crippen LogP contribution in [0, 0.1) is 11.3 Å². The molecule has 0 bridgehead atoms. The van der Waals surface area contributed by atoms with Gasteiger partial charge in [-0.3, -0.25) is 9.59 Å². The number of piperidine rings is 1. The first-order valence-electron chi connectivity index (χ1n) is 10.5. The maximum atomic E-state index is 12.8. The monoisotopic (exact) mass is 437 g/mol. The lowest BCUT2D eigenvalue weighted by molar-refractivity contribution is -0.142. The first kappa shape index (κ1) is 21.3. The predicted molar refractivity (Wildman–Crippen MR) is 124 cm³/mol. The maximum absolute atomic E-state index is 12.8. The summed E-state index contributed by atoms with van der Waals surface area (Å²) in [4.78, 5) is 31.6. The third kappa shape index (κ3) is 5.05. The molecular weight excluding hydrogens is 410 g/mol. The molecule has 0 saturated carbocycles. The third-order valence-electron chi connectivity index (χ3n) is 5.36. The van der Waals surface area contributed by atoms with Crippen molar-refractivity contribution >= 4 is 38.5 Å². The van der Waals surface area contributed by atoms with Crippen molar-refractivity contribution in [3.63, 3.8) is 0 Å². The Morgan fingerprint density at radius 2 is 1.77 bits per heavy atom. The summed E-state index contributed by atoms with van der Waals surface area (Å²) in [5, 5.41) is 3.56. The fraction of sp³-hybridized carbons (Fsp3) is 0.375. The van der Waals surface area contributed by atoms with Gasteiger partial charge in [0.25, 0.3) is 0 Å². The van der Waals surface area contributed by atoms with E-state index in [1.165, 1.54) is 11.3 Å². The molecule has 3 aromatic rings. The van der Waals surface area contributed by atoms with E-state index >= 15 is 0 Å². The second-order valence-electron chi connectivity index (χ2n) is 8.87. The van der Waals surface area contributed by atoms with Crippen LogP contribution < -0.4 is 10.1 Å². The van der Waals surface area contributed by atoms with Crippen molar-refractivity contribution in [1.29, 1.82) is 0 Å². The van der Waals surface area contributed by atoms with Crippen LogP contribution in [0.4, 0.5) is 5.13 Å². The second kappa shape index (κ2) is 8.67. The topological polar surface area (TPSA) is 71.5 Å². The Balaban J connectivity index is 1.37. The molecule has 0 unspecified atom stereocenters. The molecule has 4 rings (SSSR count). The van der Waals surface area contributed by atoms with Crippen molar-refractivity contribution in [1.82, 2.24) is 9.88 Å². The van der Waals surface area contributed by atoms with Gasteiger partial charge in [-0.2, -0.15) is 0 Å². The Morgan fingerprint density at radius 3 is 2.45 bits per heavy atom. The predicted octanol–water partition coefficient (Wildman–Crippen LogP) is 5.31. The SMILES string of the molecule is CC(C)(C)C(=O)N1CCC(C(=O)Nc2nc3ccc(Oc4ccccc4)cc3s2)CC1. The van der Waals surface area contributed by atoms with Crippen molar-refractivity contribution in [3.05, 3.63) is 48.5 Å². The van der Waals surface area contributed by atoms with E-state index in [9.17, 15) is 9.59 Å². The molecule has 1 saturated heterocycles. The molecule has 31 heavy (non-hydrogen) atoms. The van der Waals surface area contributed by atoms with Gasteiger partial charge in [0.05, 0.1) is 10.2 Å². The van der Waals surface area contributed by atoms with Crippen LogP contribution in [0.5, 0.6) is 11.5 Å². The molecule has 162 valence electrons. The minimum Gasteiger partial charge on any atom is -0.457 e. The number of likely N-dealkylation sites (tertiary alicyclic amines) is 1. The number of amides is 2. The largest absolute Gasteiger partial charge is 0.457 e. The van der Waals surface area contributed by atoms with Gasteiger partial charge in [0.2, 0.25) is 11.8 Å². The number of para-hydroxylation sites is 1. The summed E-state index contributed by atoms with van der Waals surface area (Å²) in [6.07, 6.45) is 1.35. The summed E-state index contributed by atoms with van der Waals surface area (Å²) < 4.78 is 6.84. The van der Waals surface area contributed by atoms with E-state index in [4.69, 9.17) is 4.74 Å². The van der Waals surface area contributed by atoms with Crippen LogP contribution >= 0.6 is 11.3 Å². The van der Waals surface area contributed by atoms with E-state index in [0.29, 0.717) is 31.1 Å². The van der Waals surface area contributed by atoms with Crippen molar-refractivity contribution in [2.45, 2.75) is 33.6 Å². The van der Waals surface area contributed by atoms with Crippen molar-refractivity contribution in [2.75, 3.05) is 18.4 Å². The van der Waals surface area contributed by atoms with E-state index in [0.717, 1.165) is 21.7 Å². The highest BCUT2D eigenvalue weighted by molar-refractivity contribution is 7.22. The number of nitrogens with one attached hydrogen (secondary N) is 1. The highest BCUT2D eigenvalue weighted by Crippen LogP contribution is 2.32. The van der Waals surface area contributed by atoms with Crippen molar-refractivity contribution in [2.24, 2.45) is 11.3 Å². The number of anilines is 1. The Kier molecular flexibility index (Phi) is 5.96. The summed E-state index contributed by atoms with van der Waals surface area (Å²) in [5.74, 6) is 1.52. The van der Waals surface area contributed by atoms with Gasteiger partial charge >= 0.3 is 0 Å². The molecule has 7 heteroatoms. The van der Waals surface area contributed by atoms with Gasteiger partial charge in [-0.1, -0.05) is 50.3 Å². The van der Waals surface area contributed by atoms with Crippen LogP contribution in [0.2, 0.25) is 0 Å². The van der Waals surface area contributed by atoms with E-state index in [1.807, 2.05) is 74.2 Å². The number of carbonyl (C=O) groups excluding carboxylic acids is 2. The Bertz CT molecular complexity index is 1080. The molecule has 1 aliphatic rings. The first-order valence-corrected chi connectivity index (χ1v) is 11.3. The summed E-state index contributed by atoms with van der Waals surface area (Å²) in [6, 6.07) is 15.3. The molecule has 2 amide bonds. The van der Waals surface area contributed by atoms with Gasteiger partial charge in [0.15, 0.2) is 5.13 Å². The minimum absolute atomic E-state index is 0.0253. The number of thiazole rings is 1. The number of aromatic nitrogens is 1. The molecule has 1 aromatic heterocycles. The molecule has 0 atom stereocenters. The first-order chi connectivity index (χ1) is 14.8. The molecule has 1 N–H and O–H groups in total. The molecule has 1 aliphatic heterocycles. The lowest BCUT2D eigenvalue weighted by Gasteiger charge is -2.35. The maximum Gasteiger partial charge on any atom is 0.229 e. The second-order valence-corrected chi connectivity index (χ2v) is 9.90. The van der Waals surface area contributed by atoms with Gasteiger partial charge in [0, 0.05) is 30.5 Å². The summed E-state index contributed by atoms with van der Waals surface area (Å²) in [5.41, 5.74) is 0.436. The normalized spacial score (nSPS) is 15.1. The summed E-state index contributed by atoms with van der Waals surface area (Å²) in [7, 11) is 0. The summed E-state index contributed by atoms with van der Waals surface area (Å²) >= 11 is 1.44. The zero-order chi connectivity index (χ0) is 22.0. The van der Waals surface area contributed by atoms with Gasteiger partial charge in [-0.25, -0.2) is 4.98 Å². The number of benzene rings is 2. The van der Waals surface area contributed by atoms with Crippen LogP contribution in [0.3, 0.4) is 0 Å². The minimum atomic E-state index is -0.390. The molecule has 0 radical (unpaired) electrons.